The third-order valence-corrected chi connectivity index (χ3v) is 4.36. The number of fused-ring (bicyclic) bond motifs is 1. The lowest BCUT2D eigenvalue weighted by molar-refractivity contribution is -0.121. The molecular formula is C20H24N2O2. The van der Waals surface area contributed by atoms with E-state index in [0.717, 1.165) is 30.6 Å². The Kier molecular flexibility index (Phi) is 5.49. The average Bonchev–Trinajstić information content (AvgIpc) is 2.60. The van der Waals surface area contributed by atoms with Crippen LogP contribution in [0.5, 0.6) is 5.75 Å². The van der Waals surface area contributed by atoms with Crippen molar-refractivity contribution in [3.63, 3.8) is 0 Å². The van der Waals surface area contributed by atoms with Crippen LogP contribution >= 0.6 is 0 Å². The number of carbonyl (C=O) groups excluding carboxylic acids is 1. The number of benzene rings is 2. The lowest BCUT2D eigenvalue weighted by Gasteiger charge is -2.25. The van der Waals surface area contributed by atoms with Gasteiger partial charge in [0.1, 0.15) is 12.4 Å². The van der Waals surface area contributed by atoms with Gasteiger partial charge in [-0.1, -0.05) is 36.4 Å². The first kappa shape index (κ1) is 16.5. The Hall–Kier alpha value is -2.33. The van der Waals surface area contributed by atoms with Crippen molar-refractivity contribution >= 4 is 5.91 Å². The Morgan fingerprint density at radius 2 is 2.00 bits per heavy atom. The first-order valence-electron chi connectivity index (χ1n) is 8.52. The molecule has 3 N–H and O–H groups in total. The molecule has 126 valence electrons. The van der Waals surface area contributed by atoms with Crippen LogP contribution in [0.2, 0.25) is 0 Å². The van der Waals surface area contributed by atoms with E-state index in [9.17, 15) is 4.79 Å². The second kappa shape index (κ2) is 7.97. The summed E-state index contributed by atoms with van der Waals surface area (Å²) in [6.07, 6.45) is 3.32. The van der Waals surface area contributed by atoms with Gasteiger partial charge in [-0.3, -0.25) is 4.79 Å². The van der Waals surface area contributed by atoms with Crippen LogP contribution in [0.4, 0.5) is 0 Å². The zero-order chi connectivity index (χ0) is 16.8. The molecule has 1 aliphatic rings. The Labute approximate surface area is 143 Å². The van der Waals surface area contributed by atoms with Gasteiger partial charge in [0.05, 0.1) is 6.42 Å². The fourth-order valence-electron chi connectivity index (χ4n) is 3.21. The number of nitrogens with two attached hydrogens (primary N) is 1. The summed E-state index contributed by atoms with van der Waals surface area (Å²) in [5.41, 5.74) is 9.16. The van der Waals surface area contributed by atoms with Crippen molar-refractivity contribution in [3.05, 3.63) is 65.2 Å². The predicted octanol–water partition coefficient (Wildman–Crippen LogP) is 2.24. The number of hydrogen-bond donors (Lipinski definition) is 2. The minimum Gasteiger partial charge on any atom is -0.492 e. The van der Waals surface area contributed by atoms with Gasteiger partial charge in [0, 0.05) is 12.6 Å². The summed E-state index contributed by atoms with van der Waals surface area (Å²) in [4.78, 5) is 12.3. The highest BCUT2D eigenvalue weighted by Crippen LogP contribution is 2.21. The third kappa shape index (κ3) is 4.36. The monoisotopic (exact) mass is 324 g/mol. The molecule has 0 fully saturated rings. The Morgan fingerprint density at radius 3 is 2.83 bits per heavy atom. The first-order chi connectivity index (χ1) is 11.7. The Morgan fingerprint density at radius 1 is 1.17 bits per heavy atom. The smallest absolute Gasteiger partial charge is 0.224 e. The van der Waals surface area contributed by atoms with Crippen molar-refractivity contribution in [1.29, 1.82) is 0 Å². The second-order valence-corrected chi connectivity index (χ2v) is 6.24. The van der Waals surface area contributed by atoms with E-state index in [4.69, 9.17) is 10.5 Å². The minimum atomic E-state index is 0.0651. The highest BCUT2D eigenvalue weighted by Gasteiger charge is 2.19. The van der Waals surface area contributed by atoms with Crippen molar-refractivity contribution in [1.82, 2.24) is 5.32 Å². The Balaban J connectivity index is 1.55. The van der Waals surface area contributed by atoms with E-state index in [-0.39, 0.29) is 11.9 Å². The summed E-state index contributed by atoms with van der Waals surface area (Å²) in [6.45, 7) is 0.963. The molecule has 1 unspecified atom stereocenters. The topological polar surface area (TPSA) is 64.3 Å². The molecule has 4 heteroatoms. The maximum atomic E-state index is 12.3. The molecule has 0 saturated carbocycles. The van der Waals surface area contributed by atoms with Gasteiger partial charge in [-0.15, -0.1) is 0 Å². The molecule has 0 aromatic heterocycles. The van der Waals surface area contributed by atoms with Crippen molar-refractivity contribution < 1.29 is 9.53 Å². The lowest BCUT2D eigenvalue weighted by atomic mass is 9.88. The number of ether oxygens (including phenoxy) is 1. The number of carbonyl (C=O) groups is 1. The molecule has 0 spiro atoms. The molecule has 1 aliphatic carbocycles. The predicted molar refractivity (Wildman–Crippen MR) is 95.1 cm³/mol. The largest absolute Gasteiger partial charge is 0.492 e. The quantitative estimate of drug-likeness (QED) is 0.856. The molecule has 0 heterocycles. The van der Waals surface area contributed by atoms with Crippen molar-refractivity contribution in [3.8, 4) is 5.75 Å². The van der Waals surface area contributed by atoms with Crippen LogP contribution in [0.25, 0.3) is 0 Å². The van der Waals surface area contributed by atoms with Gasteiger partial charge in [0.25, 0.3) is 0 Å². The molecule has 2 aromatic carbocycles. The SMILES string of the molecule is NCCOc1cccc(CC(=O)NC2CCc3ccccc3C2)c1. The Bertz CT molecular complexity index is 700. The molecule has 0 saturated heterocycles. The molecule has 4 nitrogen and oxygen atoms in total. The molecule has 3 rings (SSSR count). The maximum Gasteiger partial charge on any atom is 0.224 e. The highest BCUT2D eigenvalue weighted by atomic mass is 16.5. The van der Waals surface area contributed by atoms with Crippen molar-refractivity contribution in [2.24, 2.45) is 5.73 Å². The molecule has 2 aromatic rings. The molecular weight excluding hydrogens is 300 g/mol. The van der Waals surface area contributed by atoms with Gasteiger partial charge in [0.15, 0.2) is 0 Å². The summed E-state index contributed by atoms with van der Waals surface area (Å²) in [7, 11) is 0. The molecule has 24 heavy (non-hydrogen) atoms. The van der Waals surface area contributed by atoms with Crippen LogP contribution in [0.1, 0.15) is 23.1 Å². The van der Waals surface area contributed by atoms with E-state index in [1.807, 2.05) is 24.3 Å². The summed E-state index contributed by atoms with van der Waals surface area (Å²) in [5, 5.41) is 3.17. The molecule has 0 bridgehead atoms. The third-order valence-electron chi connectivity index (χ3n) is 4.36. The number of aryl methyl sites for hydroxylation is 1. The van der Waals surface area contributed by atoms with Gasteiger partial charge in [0.2, 0.25) is 5.91 Å². The number of rotatable bonds is 6. The summed E-state index contributed by atoms with van der Waals surface area (Å²) in [5.74, 6) is 0.827. The summed E-state index contributed by atoms with van der Waals surface area (Å²) < 4.78 is 5.51. The van der Waals surface area contributed by atoms with Crippen LogP contribution in [0, 0.1) is 0 Å². The van der Waals surface area contributed by atoms with E-state index in [1.54, 1.807) is 0 Å². The van der Waals surface area contributed by atoms with Crippen molar-refractivity contribution in [2.45, 2.75) is 31.7 Å². The average molecular weight is 324 g/mol. The fourth-order valence-corrected chi connectivity index (χ4v) is 3.21. The molecule has 1 amide bonds. The maximum absolute atomic E-state index is 12.3. The van der Waals surface area contributed by atoms with E-state index >= 15 is 0 Å². The normalized spacial score (nSPS) is 16.3. The summed E-state index contributed by atoms with van der Waals surface area (Å²) in [6, 6.07) is 16.4. The second-order valence-electron chi connectivity index (χ2n) is 6.24. The van der Waals surface area contributed by atoms with Gasteiger partial charge in [-0.2, -0.15) is 0 Å². The molecule has 0 radical (unpaired) electrons. The fraction of sp³-hybridized carbons (Fsp3) is 0.350. The zero-order valence-electron chi connectivity index (χ0n) is 13.8. The van der Waals surface area contributed by atoms with E-state index < -0.39 is 0 Å². The minimum absolute atomic E-state index is 0.0651. The van der Waals surface area contributed by atoms with Gasteiger partial charge in [-0.05, 0) is 48.1 Å². The standard InChI is InChI=1S/C20H24N2O2/c21-10-11-24-19-7-3-4-15(12-19)13-20(23)22-18-9-8-16-5-1-2-6-17(16)14-18/h1-7,12,18H,8-11,13-14,21H2,(H,22,23). The molecule has 1 atom stereocenters. The van der Waals surface area contributed by atoms with Gasteiger partial charge < -0.3 is 15.8 Å². The molecule has 0 aliphatic heterocycles. The lowest BCUT2D eigenvalue weighted by Crippen LogP contribution is -2.39. The number of nitrogens with one attached hydrogen (secondary N) is 1. The van der Waals surface area contributed by atoms with Crippen LogP contribution < -0.4 is 15.8 Å². The van der Waals surface area contributed by atoms with Crippen LogP contribution in [0.3, 0.4) is 0 Å². The van der Waals surface area contributed by atoms with Crippen molar-refractivity contribution in [2.75, 3.05) is 13.2 Å². The van der Waals surface area contributed by atoms with Gasteiger partial charge >= 0.3 is 0 Å². The van der Waals surface area contributed by atoms with Gasteiger partial charge in [-0.25, -0.2) is 0 Å². The summed E-state index contributed by atoms with van der Waals surface area (Å²) >= 11 is 0. The van der Waals surface area contributed by atoms with Crippen LogP contribution in [-0.4, -0.2) is 25.1 Å². The highest BCUT2D eigenvalue weighted by molar-refractivity contribution is 5.79. The number of amides is 1. The zero-order valence-corrected chi connectivity index (χ0v) is 13.8. The van der Waals surface area contributed by atoms with E-state index in [0.29, 0.717) is 19.6 Å². The van der Waals surface area contributed by atoms with Crippen LogP contribution in [-0.2, 0) is 24.1 Å². The van der Waals surface area contributed by atoms with E-state index in [1.165, 1.54) is 11.1 Å². The first-order valence-corrected chi connectivity index (χ1v) is 8.52. The number of hydrogen-bond acceptors (Lipinski definition) is 3. The van der Waals surface area contributed by atoms with E-state index in [2.05, 4.69) is 29.6 Å². The van der Waals surface area contributed by atoms with Crippen LogP contribution in [0.15, 0.2) is 48.5 Å².